The van der Waals surface area contributed by atoms with Gasteiger partial charge in [-0.15, -0.1) is 0 Å². The predicted octanol–water partition coefficient (Wildman–Crippen LogP) is -0.0581. The summed E-state index contributed by atoms with van der Waals surface area (Å²) in [5, 5.41) is 35.6. The van der Waals surface area contributed by atoms with Gasteiger partial charge in [0.1, 0.15) is 6.04 Å². The van der Waals surface area contributed by atoms with E-state index >= 15 is 0 Å². The van der Waals surface area contributed by atoms with Crippen molar-refractivity contribution in [2.24, 2.45) is 0 Å². The van der Waals surface area contributed by atoms with Gasteiger partial charge in [0.15, 0.2) is 0 Å². The highest BCUT2D eigenvalue weighted by Gasteiger charge is 2.42. The first-order chi connectivity index (χ1) is 22.0. The fraction of sp³-hybridized carbons (Fsp3) is 0.290. The molecule has 15 heteroatoms. The van der Waals surface area contributed by atoms with Crippen molar-refractivity contribution in [1.82, 2.24) is 15.5 Å². The van der Waals surface area contributed by atoms with Crippen LogP contribution in [-0.4, -0.2) is 82.7 Å². The molecular weight excluding hydrogens is 707 g/mol. The number of fused-ring (bicyclic) bond motifs is 2. The minimum atomic E-state index is -1.17. The quantitative estimate of drug-likeness (QED) is 0.149. The first-order valence-corrected chi connectivity index (χ1v) is 15.9. The smallest absolute Gasteiger partial charge is 0.481 e. The first-order valence-electron chi connectivity index (χ1n) is 14.8. The largest absolute Gasteiger partial charge is 0.491 e. The lowest BCUT2D eigenvalue weighted by molar-refractivity contribution is -0.137. The highest BCUT2D eigenvalue weighted by Crippen LogP contribution is 2.24. The number of nitrogens with one attached hydrogen (secondary N) is 2. The molecule has 1 fully saturated rings. The van der Waals surface area contributed by atoms with Gasteiger partial charge in [-0.3, -0.25) is 19.2 Å². The highest BCUT2D eigenvalue weighted by molar-refractivity contribution is 14.1. The molecule has 3 atom stereocenters. The number of halogens is 1. The SMILES string of the molecule is O=C(O)CC(Cc1ccc(I)cc1)NC(=O)[C@@H]1C[C@@H](NC(=O)c2ccc3c(c2)B(O)OC3)CN1C(=O)c1ccc2c(c1)B(O)OC2. The number of carboxylic acids is 1. The standard InChI is InChI=1S/C31H30B2IN3O9/c34-22-7-1-17(2-8-22)9-23(13-28(38)39)35-30(41)27-12-24(36-29(40)18-3-5-20-15-45-32(43)25(20)10-18)14-37(27)31(42)19-4-6-21-16-46-33(44)26(21)11-19/h1-8,10-11,23-24,27,43-44H,9,12-16H2,(H,35,41)(H,36,40)(H,38,39)/t23?,24-,27+/m1/s1. The Morgan fingerprint density at radius 2 is 1.52 bits per heavy atom. The van der Waals surface area contributed by atoms with Gasteiger partial charge >= 0.3 is 20.2 Å². The molecule has 3 aliphatic rings. The molecule has 0 radical (unpaired) electrons. The summed E-state index contributed by atoms with van der Waals surface area (Å²) in [7, 11) is -2.29. The molecule has 5 N–H and O–H groups in total. The maximum Gasteiger partial charge on any atom is 0.491 e. The lowest BCUT2D eigenvalue weighted by Gasteiger charge is -2.26. The Kier molecular flexibility index (Phi) is 9.47. The maximum atomic E-state index is 13.9. The number of nitrogens with zero attached hydrogens (tertiary/aromatic N) is 1. The van der Waals surface area contributed by atoms with Crippen molar-refractivity contribution in [3.05, 3.63) is 92.1 Å². The molecule has 0 bridgehead atoms. The predicted molar refractivity (Wildman–Crippen MR) is 175 cm³/mol. The molecule has 3 amide bonds. The van der Waals surface area contributed by atoms with Crippen LogP contribution in [0.4, 0.5) is 0 Å². The number of hydrogen-bond donors (Lipinski definition) is 5. The van der Waals surface area contributed by atoms with Crippen molar-refractivity contribution >= 4 is 71.4 Å². The van der Waals surface area contributed by atoms with Crippen molar-refractivity contribution in [3.63, 3.8) is 0 Å². The van der Waals surface area contributed by atoms with Crippen LogP contribution >= 0.6 is 22.6 Å². The highest BCUT2D eigenvalue weighted by atomic mass is 127. The number of aliphatic carboxylic acids is 1. The van der Waals surface area contributed by atoms with Crippen LogP contribution in [0.1, 0.15) is 50.2 Å². The molecule has 1 saturated heterocycles. The zero-order chi connectivity index (χ0) is 32.5. The van der Waals surface area contributed by atoms with Crippen LogP contribution in [-0.2, 0) is 38.5 Å². The van der Waals surface area contributed by atoms with Gasteiger partial charge in [0, 0.05) is 33.3 Å². The minimum absolute atomic E-state index is 0.0101. The number of benzene rings is 3. The molecule has 12 nitrogen and oxygen atoms in total. The number of rotatable bonds is 9. The number of amides is 3. The van der Waals surface area contributed by atoms with E-state index in [1.807, 2.05) is 24.3 Å². The average molecular weight is 737 g/mol. The maximum absolute atomic E-state index is 13.9. The fourth-order valence-electron chi connectivity index (χ4n) is 6.14. The number of likely N-dealkylation sites (tertiary alicyclic amines) is 1. The molecule has 3 aromatic carbocycles. The second kappa shape index (κ2) is 13.5. The topological polar surface area (TPSA) is 175 Å². The van der Waals surface area contributed by atoms with E-state index in [4.69, 9.17) is 9.31 Å². The Morgan fingerprint density at radius 3 is 2.15 bits per heavy atom. The van der Waals surface area contributed by atoms with Crippen LogP contribution < -0.4 is 21.6 Å². The van der Waals surface area contributed by atoms with E-state index in [9.17, 15) is 34.3 Å². The van der Waals surface area contributed by atoms with Crippen LogP contribution in [0, 0.1) is 3.57 Å². The van der Waals surface area contributed by atoms with Gasteiger partial charge in [-0.25, -0.2) is 0 Å². The number of carbonyl (C=O) groups excluding carboxylic acids is 3. The molecule has 0 aromatic heterocycles. The number of carbonyl (C=O) groups is 4. The van der Waals surface area contributed by atoms with Gasteiger partial charge in [-0.1, -0.05) is 24.3 Å². The zero-order valence-electron chi connectivity index (χ0n) is 24.5. The summed E-state index contributed by atoms with van der Waals surface area (Å²) in [5.74, 6) is -2.54. The van der Waals surface area contributed by atoms with Gasteiger partial charge in [0.05, 0.1) is 19.6 Å². The summed E-state index contributed by atoms with van der Waals surface area (Å²) in [6.07, 6.45) is 0.0293. The molecule has 0 spiro atoms. The lowest BCUT2D eigenvalue weighted by atomic mass is 9.78. The van der Waals surface area contributed by atoms with Gasteiger partial charge in [0.25, 0.3) is 11.8 Å². The summed E-state index contributed by atoms with van der Waals surface area (Å²) in [4.78, 5) is 54.1. The normalized spacial score (nSPS) is 19.1. The van der Waals surface area contributed by atoms with E-state index in [0.717, 1.165) is 20.3 Å². The second-order valence-electron chi connectivity index (χ2n) is 11.7. The van der Waals surface area contributed by atoms with Gasteiger partial charge < -0.3 is 40.0 Å². The molecule has 0 aliphatic carbocycles. The third kappa shape index (κ3) is 6.98. The van der Waals surface area contributed by atoms with Crippen molar-refractivity contribution < 1.29 is 43.6 Å². The van der Waals surface area contributed by atoms with Crippen molar-refractivity contribution in [2.75, 3.05) is 6.54 Å². The summed E-state index contributed by atoms with van der Waals surface area (Å²) >= 11 is 2.17. The van der Waals surface area contributed by atoms with Crippen LogP contribution in [0.5, 0.6) is 0 Å². The van der Waals surface area contributed by atoms with E-state index in [0.29, 0.717) is 16.5 Å². The number of hydrogen-bond acceptors (Lipinski definition) is 8. The van der Waals surface area contributed by atoms with E-state index in [-0.39, 0.29) is 44.6 Å². The Balaban J connectivity index is 1.23. The van der Waals surface area contributed by atoms with Crippen LogP contribution in [0.2, 0.25) is 0 Å². The molecule has 3 heterocycles. The monoisotopic (exact) mass is 737 g/mol. The molecular formula is C31H30B2IN3O9. The van der Waals surface area contributed by atoms with E-state index in [1.54, 1.807) is 30.3 Å². The van der Waals surface area contributed by atoms with Crippen LogP contribution in [0.15, 0.2) is 60.7 Å². The average Bonchev–Trinajstić information content (AvgIpc) is 3.74. The van der Waals surface area contributed by atoms with E-state index in [1.165, 1.54) is 11.0 Å². The number of carboxylic acid groups (broad SMARTS) is 1. The van der Waals surface area contributed by atoms with E-state index < -0.39 is 56.1 Å². The van der Waals surface area contributed by atoms with Crippen molar-refractivity contribution in [3.8, 4) is 0 Å². The minimum Gasteiger partial charge on any atom is -0.481 e. The Morgan fingerprint density at radius 1 is 0.913 bits per heavy atom. The van der Waals surface area contributed by atoms with Crippen LogP contribution in [0.25, 0.3) is 0 Å². The fourth-order valence-corrected chi connectivity index (χ4v) is 6.50. The Bertz CT molecular complexity index is 1690. The summed E-state index contributed by atoms with van der Waals surface area (Å²) in [6.45, 7) is 0.467. The van der Waals surface area contributed by atoms with Crippen molar-refractivity contribution in [2.45, 2.75) is 50.6 Å². The molecule has 6 rings (SSSR count). The third-order valence-corrected chi connectivity index (χ3v) is 9.21. The summed E-state index contributed by atoms with van der Waals surface area (Å²) in [5.41, 5.74) is 3.89. The molecule has 1 unspecified atom stereocenters. The van der Waals surface area contributed by atoms with Crippen molar-refractivity contribution in [1.29, 1.82) is 0 Å². The summed E-state index contributed by atoms with van der Waals surface area (Å²) < 4.78 is 11.5. The molecule has 0 saturated carbocycles. The second-order valence-corrected chi connectivity index (χ2v) is 12.9. The molecule has 46 heavy (non-hydrogen) atoms. The van der Waals surface area contributed by atoms with E-state index in [2.05, 4.69) is 33.2 Å². The van der Waals surface area contributed by atoms with Gasteiger partial charge in [-0.2, -0.15) is 0 Å². The summed E-state index contributed by atoms with van der Waals surface area (Å²) in [6, 6.07) is 14.9. The van der Waals surface area contributed by atoms with Crippen LogP contribution in [0.3, 0.4) is 0 Å². The lowest BCUT2D eigenvalue weighted by Crippen LogP contribution is -2.50. The Hall–Kier alpha value is -3.76. The Labute approximate surface area is 278 Å². The molecule has 3 aliphatic heterocycles. The third-order valence-electron chi connectivity index (χ3n) is 8.49. The van der Waals surface area contributed by atoms with Gasteiger partial charge in [-0.05, 0) is 99.4 Å². The first kappa shape index (κ1) is 32.2. The van der Waals surface area contributed by atoms with Gasteiger partial charge in [0.2, 0.25) is 5.91 Å². The molecule has 236 valence electrons. The zero-order valence-corrected chi connectivity index (χ0v) is 26.7. The molecule has 3 aromatic rings.